The molecule has 0 amide bonds. The summed E-state index contributed by atoms with van der Waals surface area (Å²) in [5.74, 6) is 5.06. The van der Waals surface area contributed by atoms with Crippen molar-refractivity contribution in [1.82, 2.24) is 0 Å². The van der Waals surface area contributed by atoms with E-state index in [1.54, 1.807) is 64.0 Å². The van der Waals surface area contributed by atoms with Gasteiger partial charge in [0.1, 0.15) is 24.5 Å². The van der Waals surface area contributed by atoms with Crippen molar-refractivity contribution in [3.05, 3.63) is 36.4 Å². The Labute approximate surface area is 224 Å². The third kappa shape index (κ3) is 4.90. The van der Waals surface area contributed by atoms with Crippen molar-refractivity contribution in [3.8, 4) is 51.7 Å². The molecule has 0 atom stereocenters. The minimum absolute atomic E-state index is 0.553. The lowest BCUT2D eigenvalue weighted by Crippen LogP contribution is -2.35. The van der Waals surface area contributed by atoms with Crippen LogP contribution in [-0.4, -0.2) is 70.7 Å². The number of hydrogen-bond acceptors (Lipinski definition) is 9. The van der Waals surface area contributed by atoms with Gasteiger partial charge in [-0.2, -0.15) is 0 Å². The largest absolute Gasteiger partial charge is 0.496 e. The monoisotopic (exact) mass is 547 g/mol. The van der Waals surface area contributed by atoms with E-state index in [0.717, 1.165) is 15.9 Å². The van der Waals surface area contributed by atoms with Crippen LogP contribution in [0.2, 0.25) is 0 Å². The zero-order chi connectivity index (χ0) is 28.0. The van der Waals surface area contributed by atoms with Crippen molar-refractivity contribution in [2.24, 2.45) is 0 Å². The molecule has 0 aliphatic rings. The highest BCUT2D eigenvalue weighted by Gasteiger charge is 2.54. The van der Waals surface area contributed by atoms with Gasteiger partial charge in [-0.25, -0.2) is 0 Å². The van der Waals surface area contributed by atoms with E-state index in [2.05, 4.69) is 6.66 Å². The lowest BCUT2D eigenvalue weighted by molar-refractivity contribution is 0.378. The van der Waals surface area contributed by atoms with Gasteiger partial charge in [0.2, 0.25) is 0 Å². The van der Waals surface area contributed by atoms with Crippen molar-refractivity contribution in [2.75, 3.05) is 70.7 Å². The molecule has 0 heterocycles. The minimum Gasteiger partial charge on any atom is -0.496 e. The zero-order valence-electron chi connectivity index (χ0n) is 23.6. The molecule has 0 aliphatic carbocycles. The van der Waals surface area contributed by atoms with E-state index in [9.17, 15) is 0 Å². The van der Waals surface area contributed by atoms with Crippen molar-refractivity contribution < 1.29 is 42.6 Å². The van der Waals surface area contributed by atoms with E-state index in [0.29, 0.717) is 51.7 Å². The SMILES string of the molecule is COc1cc(OC)c([P+](C)(c2c(OC)cc(OC)cc2OC)c2c(OC)cc(OC)cc2OC)c(OC)c1. The van der Waals surface area contributed by atoms with Gasteiger partial charge >= 0.3 is 0 Å². The van der Waals surface area contributed by atoms with Gasteiger partial charge in [-0.05, 0) is 0 Å². The fourth-order valence-electron chi connectivity index (χ4n) is 4.62. The third-order valence-electron chi connectivity index (χ3n) is 6.41. The topological polar surface area (TPSA) is 83.1 Å². The van der Waals surface area contributed by atoms with Crippen molar-refractivity contribution >= 4 is 23.2 Å². The van der Waals surface area contributed by atoms with Gasteiger partial charge in [0, 0.05) is 36.4 Å². The molecule has 0 bridgehead atoms. The average molecular weight is 548 g/mol. The molecule has 0 spiro atoms. The van der Waals surface area contributed by atoms with Crippen molar-refractivity contribution in [3.63, 3.8) is 0 Å². The molecule has 0 unspecified atom stereocenters. The summed E-state index contributed by atoms with van der Waals surface area (Å²) in [5, 5.41) is 2.31. The Kier molecular flexibility index (Phi) is 9.28. The molecule has 206 valence electrons. The van der Waals surface area contributed by atoms with E-state index >= 15 is 0 Å². The standard InChI is InChI=1S/C28H36O9P/c1-29-17-11-20(32-4)26(21(12-17)33-5)38(10,27-22(34-6)13-18(30-2)14-23(27)35-7)28-24(36-8)15-19(31-3)16-25(28)37-9/h11-16H,1-10H3/q+1. The number of rotatable bonds is 12. The second kappa shape index (κ2) is 12.2. The fourth-order valence-corrected chi connectivity index (χ4v) is 8.87. The van der Waals surface area contributed by atoms with E-state index in [4.69, 9.17) is 42.6 Å². The molecule has 0 aromatic heterocycles. The van der Waals surface area contributed by atoms with Crippen LogP contribution in [0.3, 0.4) is 0 Å². The number of methoxy groups -OCH3 is 9. The number of ether oxygens (including phenoxy) is 9. The quantitative estimate of drug-likeness (QED) is 0.315. The molecule has 0 saturated heterocycles. The number of hydrogen-bond donors (Lipinski definition) is 0. The Hall–Kier alpha value is -3.71. The fraction of sp³-hybridized carbons (Fsp3) is 0.357. The molecular weight excluding hydrogens is 511 g/mol. The average Bonchev–Trinajstić information content (AvgIpc) is 2.97. The molecule has 0 saturated carbocycles. The van der Waals surface area contributed by atoms with E-state index < -0.39 is 7.26 Å². The van der Waals surface area contributed by atoms with Gasteiger partial charge in [0.15, 0.2) is 50.4 Å². The Morgan fingerprint density at radius 3 is 0.658 bits per heavy atom. The summed E-state index contributed by atoms with van der Waals surface area (Å²) < 4.78 is 52.4. The summed E-state index contributed by atoms with van der Waals surface area (Å²) in [4.78, 5) is 0. The summed E-state index contributed by atoms with van der Waals surface area (Å²) in [6.07, 6.45) is 0. The first-order valence-electron chi connectivity index (χ1n) is 11.6. The first-order valence-corrected chi connectivity index (χ1v) is 13.8. The van der Waals surface area contributed by atoms with Crippen LogP contribution in [0.1, 0.15) is 0 Å². The third-order valence-corrected chi connectivity index (χ3v) is 10.4. The summed E-state index contributed by atoms with van der Waals surface area (Å²) in [5.41, 5.74) is 0. The lowest BCUT2D eigenvalue weighted by Gasteiger charge is -2.30. The van der Waals surface area contributed by atoms with Gasteiger partial charge in [-0.3, -0.25) is 0 Å². The molecule has 3 aromatic rings. The molecule has 0 N–H and O–H groups in total. The van der Waals surface area contributed by atoms with Gasteiger partial charge < -0.3 is 42.6 Å². The van der Waals surface area contributed by atoms with Gasteiger partial charge in [0.25, 0.3) is 0 Å². The molecule has 38 heavy (non-hydrogen) atoms. The molecule has 3 rings (SSSR count). The van der Waals surface area contributed by atoms with Crippen LogP contribution < -0.4 is 58.5 Å². The molecule has 0 aliphatic heterocycles. The molecule has 3 aromatic carbocycles. The lowest BCUT2D eigenvalue weighted by atomic mass is 10.3. The molecular formula is C28H36O9P+. The van der Waals surface area contributed by atoms with Crippen LogP contribution in [0.15, 0.2) is 36.4 Å². The molecule has 0 fully saturated rings. The minimum atomic E-state index is -2.86. The predicted molar refractivity (Wildman–Crippen MR) is 150 cm³/mol. The molecule has 10 heteroatoms. The van der Waals surface area contributed by atoms with Crippen LogP contribution in [0.25, 0.3) is 0 Å². The summed E-state index contributed by atoms with van der Waals surface area (Å²) in [6.45, 7) is 2.11. The van der Waals surface area contributed by atoms with Gasteiger partial charge in [-0.15, -0.1) is 0 Å². The Balaban J connectivity index is 2.68. The zero-order valence-corrected chi connectivity index (χ0v) is 24.5. The maximum absolute atomic E-state index is 5.96. The Morgan fingerprint density at radius 1 is 0.342 bits per heavy atom. The van der Waals surface area contributed by atoms with E-state index in [-0.39, 0.29) is 0 Å². The highest BCUT2D eigenvalue weighted by molar-refractivity contribution is 7.96. The van der Waals surface area contributed by atoms with Gasteiger partial charge in [-0.1, -0.05) is 0 Å². The van der Waals surface area contributed by atoms with Crippen LogP contribution in [-0.2, 0) is 0 Å². The predicted octanol–water partition coefficient (Wildman–Crippen LogP) is 3.69. The van der Waals surface area contributed by atoms with E-state index in [1.165, 1.54) is 0 Å². The van der Waals surface area contributed by atoms with Crippen LogP contribution >= 0.6 is 7.26 Å². The first kappa shape index (κ1) is 28.9. The Morgan fingerprint density at radius 2 is 0.526 bits per heavy atom. The van der Waals surface area contributed by atoms with E-state index in [1.807, 2.05) is 36.4 Å². The number of benzene rings is 3. The summed E-state index contributed by atoms with van der Waals surface area (Å²) >= 11 is 0. The maximum Gasteiger partial charge on any atom is 0.188 e. The molecule has 0 radical (unpaired) electrons. The smallest absolute Gasteiger partial charge is 0.188 e. The Bertz CT molecular complexity index is 1050. The first-order chi connectivity index (χ1) is 18.3. The van der Waals surface area contributed by atoms with Gasteiger partial charge in [0.05, 0.1) is 70.7 Å². The second-order valence-electron chi connectivity index (χ2n) is 8.15. The van der Waals surface area contributed by atoms with Crippen LogP contribution in [0.5, 0.6) is 51.7 Å². The van der Waals surface area contributed by atoms with Crippen LogP contribution in [0, 0.1) is 0 Å². The van der Waals surface area contributed by atoms with Crippen molar-refractivity contribution in [1.29, 1.82) is 0 Å². The highest BCUT2D eigenvalue weighted by atomic mass is 31.2. The highest BCUT2D eigenvalue weighted by Crippen LogP contribution is 2.63. The second-order valence-corrected chi connectivity index (χ2v) is 11.5. The van der Waals surface area contributed by atoms with Crippen molar-refractivity contribution in [2.45, 2.75) is 0 Å². The molecule has 9 nitrogen and oxygen atoms in total. The maximum atomic E-state index is 5.96. The normalized spacial score (nSPS) is 10.9. The summed E-state index contributed by atoms with van der Waals surface area (Å²) in [7, 11) is 11.5. The van der Waals surface area contributed by atoms with Crippen LogP contribution in [0.4, 0.5) is 0 Å². The summed E-state index contributed by atoms with van der Waals surface area (Å²) in [6, 6.07) is 10.9.